The van der Waals surface area contributed by atoms with E-state index in [1.807, 2.05) is 48.5 Å². The highest BCUT2D eigenvalue weighted by Gasteiger charge is 2.05. The maximum atomic E-state index is 12.0. The lowest BCUT2D eigenvalue weighted by molar-refractivity contribution is 0.102. The van der Waals surface area contributed by atoms with Gasteiger partial charge in [-0.15, -0.1) is 0 Å². The minimum Gasteiger partial charge on any atom is -0.354 e. The van der Waals surface area contributed by atoms with Crippen LogP contribution in [0.2, 0.25) is 5.02 Å². The van der Waals surface area contributed by atoms with Crippen LogP contribution in [0.1, 0.15) is 10.4 Å². The van der Waals surface area contributed by atoms with Gasteiger partial charge in [0.2, 0.25) is 0 Å². The molecule has 23 heavy (non-hydrogen) atoms. The van der Waals surface area contributed by atoms with Gasteiger partial charge < -0.3 is 10.6 Å². The predicted octanol–water partition coefficient (Wildman–Crippen LogP) is 4.73. The van der Waals surface area contributed by atoms with Crippen molar-refractivity contribution in [3.8, 4) is 0 Å². The molecule has 1 heterocycles. The highest BCUT2D eigenvalue weighted by Crippen LogP contribution is 2.19. The van der Waals surface area contributed by atoms with Crippen LogP contribution in [0.15, 0.2) is 72.9 Å². The van der Waals surface area contributed by atoms with Gasteiger partial charge in [-0.05, 0) is 48.5 Å². The average Bonchev–Trinajstić information content (AvgIpc) is 2.59. The van der Waals surface area contributed by atoms with Gasteiger partial charge in [0.05, 0.1) is 11.9 Å². The number of benzene rings is 2. The Kier molecular flexibility index (Phi) is 4.54. The summed E-state index contributed by atoms with van der Waals surface area (Å²) in [7, 11) is 0. The molecule has 0 spiro atoms. The number of halogens is 1. The number of hydrogen-bond donors (Lipinski definition) is 2. The Morgan fingerprint density at radius 3 is 2.22 bits per heavy atom. The Labute approximate surface area is 139 Å². The van der Waals surface area contributed by atoms with Gasteiger partial charge in [-0.1, -0.05) is 29.8 Å². The summed E-state index contributed by atoms with van der Waals surface area (Å²) in [6, 6.07) is 20.0. The van der Waals surface area contributed by atoms with Crippen molar-refractivity contribution in [2.24, 2.45) is 0 Å². The average molecular weight is 324 g/mol. The van der Waals surface area contributed by atoms with Gasteiger partial charge in [0, 0.05) is 16.3 Å². The summed E-state index contributed by atoms with van der Waals surface area (Å²) in [6.07, 6.45) is 1.66. The van der Waals surface area contributed by atoms with Gasteiger partial charge >= 0.3 is 0 Å². The fraction of sp³-hybridized carbons (Fsp3) is 0. The first-order chi connectivity index (χ1) is 11.2. The van der Waals surface area contributed by atoms with E-state index in [0.29, 0.717) is 16.4 Å². The van der Waals surface area contributed by atoms with E-state index in [4.69, 9.17) is 11.6 Å². The fourth-order valence-electron chi connectivity index (χ4n) is 2.02. The van der Waals surface area contributed by atoms with Gasteiger partial charge in [-0.3, -0.25) is 4.79 Å². The van der Waals surface area contributed by atoms with Gasteiger partial charge in [0.1, 0.15) is 5.82 Å². The normalized spacial score (nSPS) is 10.1. The topological polar surface area (TPSA) is 54.0 Å². The van der Waals surface area contributed by atoms with Crippen molar-refractivity contribution in [1.82, 2.24) is 4.98 Å². The quantitative estimate of drug-likeness (QED) is 0.729. The zero-order chi connectivity index (χ0) is 16.1. The number of nitrogens with one attached hydrogen (secondary N) is 2. The van der Waals surface area contributed by atoms with Crippen molar-refractivity contribution in [3.63, 3.8) is 0 Å². The van der Waals surface area contributed by atoms with Gasteiger partial charge in [0.25, 0.3) is 5.91 Å². The zero-order valence-corrected chi connectivity index (χ0v) is 12.9. The Hall–Kier alpha value is -2.85. The highest BCUT2D eigenvalue weighted by atomic mass is 35.5. The van der Waals surface area contributed by atoms with Gasteiger partial charge in [0.15, 0.2) is 0 Å². The Bertz CT molecular complexity index is 787. The van der Waals surface area contributed by atoms with Crippen molar-refractivity contribution in [1.29, 1.82) is 0 Å². The maximum Gasteiger partial charge on any atom is 0.256 e. The molecule has 5 heteroatoms. The minimum absolute atomic E-state index is 0.184. The second-order valence-corrected chi connectivity index (χ2v) is 5.32. The zero-order valence-electron chi connectivity index (χ0n) is 12.2. The molecular formula is C18H14ClN3O. The van der Waals surface area contributed by atoms with Crippen LogP contribution in [0.25, 0.3) is 0 Å². The number of nitrogens with zero attached hydrogens (tertiary/aromatic N) is 1. The summed E-state index contributed by atoms with van der Waals surface area (Å²) in [4.78, 5) is 16.3. The van der Waals surface area contributed by atoms with E-state index in [1.54, 1.807) is 24.4 Å². The third-order valence-electron chi connectivity index (χ3n) is 3.17. The first kappa shape index (κ1) is 15.1. The molecule has 4 nitrogen and oxygen atoms in total. The number of aromatic nitrogens is 1. The van der Waals surface area contributed by atoms with Crippen LogP contribution < -0.4 is 10.6 Å². The van der Waals surface area contributed by atoms with E-state index in [2.05, 4.69) is 15.6 Å². The van der Waals surface area contributed by atoms with Crippen LogP contribution in [0.4, 0.5) is 17.2 Å². The standard InChI is InChI=1S/C18H14ClN3O/c19-14-6-8-15(9-7-14)21-16-10-11-17(20-12-16)22-18(23)13-4-2-1-3-5-13/h1-12,21H,(H,20,22,23). The van der Waals surface area contributed by atoms with Crippen LogP contribution in [-0.2, 0) is 0 Å². The van der Waals surface area contributed by atoms with Crippen molar-refractivity contribution in [2.45, 2.75) is 0 Å². The number of rotatable bonds is 4. The van der Waals surface area contributed by atoms with Crippen LogP contribution in [0.3, 0.4) is 0 Å². The third kappa shape index (κ3) is 4.08. The third-order valence-corrected chi connectivity index (χ3v) is 3.43. The Balaban J connectivity index is 1.65. The number of hydrogen-bond acceptors (Lipinski definition) is 3. The molecule has 1 amide bonds. The summed E-state index contributed by atoms with van der Waals surface area (Å²) in [5.74, 6) is 0.317. The van der Waals surface area contributed by atoms with E-state index < -0.39 is 0 Å². The van der Waals surface area contributed by atoms with Crippen LogP contribution in [0.5, 0.6) is 0 Å². The van der Waals surface area contributed by atoms with E-state index in [-0.39, 0.29) is 5.91 Å². The molecule has 0 radical (unpaired) electrons. The molecule has 114 valence electrons. The van der Waals surface area contributed by atoms with E-state index >= 15 is 0 Å². The van der Waals surface area contributed by atoms with E-state index in [1.165, 1.54) is 0 Å². The van der Waals surface area contributed by atoms with Gasteiger partial charge in [-0.2, -0.15) is 0 Å². The smallest absolute Gasteiger partial charge is 0.256 e. The summed E-state index contributed by atoms with van der Waals surface area (Å²) in [6.45, 7) is 0. The lowest BCUT2D eigenvalue weighted by Crippen LogP contribution is -2.12. The number of carbonyl (C=O) groups excluding carboxylic acids is 1. The molecule has 3 aromatic rings. The molecule has 0 aliphatic heterocycles. The van der Waals surface area contributed by atoms with Gasteiger partial charge in [-0.25, -0.2) is 4.98 Å². The molecule has 2 aromatic carbocycles. The Morgan fingerprint density at radius 2 is 1.57 bits per heavy atom. The molecule has 1 aromatic heterocycles. The maximum absolute atomic E-state index is 12.0. The molecule has 0 atom stereocenters. The lowest BCUT2D eigenvalue weighted by Gasteiger charge is -2.08. The summed E-state index contributed by atoms with van der Waals surface area (Å²) in [5.41, 5.74) is 2.33. The van der Waals surface area contributed by atoms with Crippen LogP contribution in [0, 0.1) is 0 Å². The molecule has 2 N–H and O–H groups in total. The SMILES string of the molecule is O=C(Nc1ccc(Nc2ccc(Cl)cc2)cn1)c1ccccc1. The van der Waals surface area contributed by atoms with Crippen molar-refractivity contribution in [2.75, 3.05) is 10.6 Å². The largest absolute Gasteiger partial charge is 0.354 e. The molecule has 3 rings (SSSR count). The number of carbonyl (C=O) groups is 1. The van der Waals surface area contributed by atoms with E-state index in [0.717, 1.165) is 11.4 Å². The molecule has 0 saturated carbocycles. The fourth-order valence-corrected chi connectivity index (χ4v) is 2.15. The first-order valence-electron chi connectivity index (χ1n) is 7.06. The van der Waals surface area contributed by atoms with Crippen molar-refractivity contribution < 1.29 is 4.79 Å². The van der Waals surface area contributed by atoms with Crippen molar-refractivity contribution >= 4 is 34.7 Å². The molecule has 0 aliphatic rings. The number of pyridine rings is 1. The summed E-state index contributed by atoms with van der Waals surface area (Å²) < 4.78 is 0. The molecule has 0 bridgehead atoms. The minimum atomic E-state index is -0.184. The summed E-state index contributed by atoms with van der Waals surface area (Å²) in [5, 5.41) is 6.66. The van der Waals surface area contributed by atoms with E-state index in [9.17, 15) is 4.79 Å². The second kappa shape index (κ2) is 6.94. The molecular weight excluding hydrogens is 310 g/mol. The van der Waals surface area contributed by atoms with Crippen LogP contribution >= 0.6 is 11.6 Å². The van der Waals surface area contributed by atoms with Crippen LogP contribution in [-0.4, -0.2) is 10.9 Å². The van der Waals surface area contributed by atoms with Crippen molar-refractivity contribution in [3.05, 3.63) is 83.5 Å². The molecule has 0 aliphatic carbocycles. The predicted molar refractivity (Wildman–Crippen MR) is 93.4 cm³/mol. The monoisotopic (exact) mass is 323 g/mol. The highest BCUT2D eigenvalue weighted by molar-refractivity contribution is 6.30. The summed E-state index contributed by atoms with van der Waals surface area (Å²) >= 11 is 5.85. The molecule has 0 fully saturated rings. The number of amides is 1. The number of anilines is 3. The molecule has 0 unspecified atom stereocenters. The second-order valence-electron chi connectivity index (χ2n) is 4.88. The lowest BCUT2D eigenvalue weighted by atomic mass is 10.2. The Morgan fingerprint density at radius 1 is 0.870 bits per heavy atom. The molecule has 0 saturated heterocycles. The first-order valence-corrected chi connectivity index (χ1v) is 7.43.